The molecule has 0 aliphatic heterocycles. The molecule has 0 heterocycles. The Morgan fingerprint density at radius 1 is 0.857 bits per heavy atom. The molecular weight excluding hydrogens is 172 g/mol. The molecular formula is C13H20O. The lowest BCUT2D eigenvalue weighted by atomic mass is 9.79. The molecule has 2 aliphatic rings. The van der Waals surface area contributed by atoms with E-state index in [1.807, 2.05) is 0 Å². The van der Waals surface area contributed by atoms with Crippen LogP contribution in [0.5, 0.6) is 0 Å². The summed E-state index contributed by atoms with van der Waals surface area (Å²) in [6.07, 6.45) is 15.7. The lowest BCUT2D eigenvalue weighted by Gasteiger charge is -2.31. The number of hydrogen-bond acceptors (Lipinski definition) is 1. The minimum atomic E-state index is -0.0649. The normalized spacial score (nSPS) is 34.4. The molecule has 2 atom stereocenters. The fraction of sp³-hybridized carbons (Fsp3) is 0.692. The summed E-state index contributed by atoms with van der Waals surface area (Å²) in [5.74, 6) is 1.05. The van der Waals surface area contributed by atoms with Gasteiger partial charge < -0.3 is 5.11 Å². The summed E-state index contributed by atoms with van der Waals surface area (Å²) in [7, 11) is 0. The Hall–Kier alpha value is -0.560. The van der Waals surface area contributed by atoms with E-state index in [9.17, 15) is 5.11 Å². The Bertz CT molecular complexity index is 205. The number of rotatable bonds is 2. The monoisotopic (exact) mass is 192 g/mol. The maximum Gasteiger partial charge on any atom is 0.0602 e. The first-order valence-corrected chi connectivity index (χ1v) is 5.86. The fourth-order valence-corrected chi connectivity index (χ4v) is 2.64. The number of aliphatic hydroxyl groups is 1. The quantitative estimate of drug-likeness (QED) is 0.667. The van der Waals surface area contributed by atoms with E-state index in [-0.39, 0.29) is 6.10 Å². The van der Waals surface area contributed by atoms with Gasteiger partial charge in [-0.2, -0.15) is 0 Å². The molecule has 0 radical (unpaired) electrons. The molecule has 0 aromatic heterocycles. The Morgan fingerprint density at radius 3 is 1.71 bits per heavy atom. The van der Waals surface area contributed by atoms with Gasteiger partial charge in [0.05, 0.1) is 6.10 Å². The SMILES string of the molecule is OC(C1CC=CCC1)C1CC=CCC1. The average Bonchev–Trinajstić information content (AvgIpc) is 2.30. The molecule has 1 nitrogen and oxygen atoms in total. The molecule has 0 fully saturated rings. The first-order valence-electron chi connectivity index (χ1n) is 5.86. The molecule has 2 rings (SSSR count). The van der Waals surface area contributed by atoms with E-state index in [2.05, 4.69) is 24.3 Å². The molecule has 1 N–H and O–H groups in total. The highest BCUT2D eigenvalue weighted by molar-refractivity contribution is 4.97. The van der Waals surface area contributed by atoms with E-state index in [4.69, 9.17) is 0 Å². The number of allylic oxidation sites excluding steroid dienone is 4. The second-order valence-electron chi connectivity index (χ2n) is 4.58. The molecule has 1 heteroatoms. The van der Waals surface area contributed by atoms with Gasteiger partial charge in [0.15, 0.2) is 0 Å². The maximum atomic E-state index is 10.2. The third kappa shape index (κ3) is 2.27. The maximum absolute atomic E-state index is 10.2. The van der Waals surface area contributed by atoms with Crippen LogP contribution in [-0.2, 0) is 0 Å². The molecule has 14 heavy (non-hydrogen) atoms. The summed E-state index contributed by atoms with van der Waals surface area (Å²) in [6, 6.07) is 0. The summed E-state index contributed by atoms with van der Waals surface area (Å²) in [5.41, 5.74) is 0. The van der Waals surface area contributed by atoms with Crippen molar-refractivity contribution in [1.29, 1.82) is 0 Å². The van der Waals surface area contributed by atoms with Gasteiger partial charge in [-0.3, -0.25) is 0 Å². The van der Waals surface area contributed by atoms with Gasteiger partial charge in [-0.1, -0.05) is 24.3 Å². The van der Waals surface area contributed by atoms with Crippen LogP contribution in [0.3, 0.4) is 0 Å². The van der Waals surface area contributed by atoms with E-state index in [1.54, 1.807) is 0 Å². The third-order valence-electron chi connectivity index (χ3n) is 3.59. The summed E-state index contributed by atoms with van der Waals surface area (Å²) in [5, 5.41) is 10.2. The second-order valence-corrected chi connectivity index (χ2v) is 4.58. The second kappa shape index (κ2) is 4.79. The van der Waals surface area contributed by atoms with Crippen LogP contribution >= 0.6 is 0 Å². The zero-order valence-corrected chi connectivity index (χ0v) is 8.73. The molecule has 0 bridgehead atoms. The van der Waals surface area contributed by atoms with Crippen molar-refractivity contribution in [3.8, 4) is 0 Å². The van der Waals surface area contributed by atoms with E-state index >= 15 is 0 Å². The Labute approximate surface area is 86.5 Å². The Morgan fingerprint density at radius 2 is 1.36 bits per heavy atom. The van der Waals surface area contributed by atoms with Gasteiger partial charge in [0.2, 0.25) is 0 Å². The average molecular weight is 192 g/mol. The van der Waals surface area contributed by atoms with Gasteiger partial charge in [-0.05, 0) is 50.4 Å². The topological polar surface area (TPSA) is 20.2 Å². The lowest BCUT2D eigenvalue weighted by molar-refractivity contribution is 0.0419. The van der Waals surface area contributed by atoms with Crippen molar-refractivity contribution in [3.05, 3.63) is 24.3 Å². The van der Waals surface area contributed by atoms with Gasteiger partial charge in [-0.25, -0.2) is 0 Å². The van der Waals surface area contributed by atoms with Crippen molar-refractivity contribution in [3.63, 3.8) is 0 Å². The van der Waals surface area contributed by atoms with Crippen molar-refractivity contribution in [1.82, 2.24) is 0 Å². The van der Waals surface area contributed by atoms with Crippen molar-refractivity contribution in [2.24, 2.45) is 11.8 Å². The molecule has 2 unspecified atom stereocenters. The Balaban J connectivity index is 1.89. The van der Waals surface area contributed by atoms with Crippen LogP contribution in [0, 0.1) is 11.8 Å². The summed E-state index contributed by atoms with van der Waals surface area (Å²) < 4.78 is 0. The molecule has 78 valence electrons. The summed E-state index contributed by atoms with van der Waals surface area (Å²) in [6.45, 7) is 0. The predicted molar refractivity (Wildman–Crippen MR) is 59.0 cm³/mol. The Kier molecular flexibility index (Phi) is 3.41. The molecule has 2 aliphatic carbocycles. The molecule has 0 saturated heterocycles. The van der Waals surface area contributed by atoms with Gasteiger partial charge in [0.25, 0.3) is 0 Å². The van der Waals surface area contributed by atoms with E-state index < -0.39 is 0 Å². The first-order chi connectivity index (χ1) is 6.88. The largest absolute Gasteiger partial charge is 0.393 e. The number of hydrogen-bond donors (Lipinski definition) is 1. The molecule has 0 aromatic rings. The highest BCUT2D eigenvalue weighted by Gasteiger charge is 2.27. The van der Waals surface area contributed by atoms with Crippen LogP contribution in [-0.4, -0.2) is 11.2 Å². The van der Waals surface area contributed by atoms with Gasteiger partial charge >= 0.3 is 0 Å². The van der Waals surface area contributed by atoms with Crippen molar-refractivity contribution < 1.29 is 5.11 Å². The van der Waals surface area contributed by atoms with Crippen molar-refractivity contribution in [2.75, 3.05) is 0 Å². The van der Waals surface area contributed by atoms with E-state index in [0.29, 0.717) is 11.8 Å². The zero-order valence-electron chi connectivity index (χ0n) is 8.73. The molecule has 0 spiro atoms. The van der Waals surface area contributed by atoms with Crippen LogP contribution in [0.2, 0.25) is 0 Å². The number of aliphatic hydroxyl groups excluding tert-OH is 1. The van der Waals surface area contributed by atoms with Crippen LogP contribution in [0.15, 0.2) is 24.3 Å². The molecule has 0 saturated carbocycles. The zero-order chi connectivity index (χ0) is 9.80. The fourth-order valence-electron chi connectivity index (χ4n) is 2.64. The van der Waals surface area contributed by atoms with Gasteiger partial charge in [0.1, 0.15) is 0 Å². The first kappa shape index (κ1) is 9.97. The smallest absolute Gasteiger partial charge is 0.0602 e. The van der Waals surface area contributed by atoms with Crippen LogP contribution in [0.4, 0.5) is 0 Å². The summed E-state index contributed by atoms with van der Waals surface area (Å²) >= 11 is 0. The minimum absolute atomic E-state index is 0.0649. The highest BCUT2D eigenvalue weighted by Crippen LogP contribution is 2.31. The van der Waals surface area contributed by atoms with Gasteiger partial charge in [-0.15, -0.1) is 0 Å². The molecule has 0 aromatic carbocycles. The van der Waals surface area contributed by atoms with E-state index in [0.717, 1.165) is 25.7 Å². The predicted octanol–water partition coefficient (Wildman–Crippen LogP) is 3.06. The minimum Gasteiger partial charge on any atom is -0.393 e. The summed E-state index contributed by atoms with van der Waals surface area (Å²) in [4.78, 5) is 0. The van der Waals surface area contributed by atoms with Crippen LogP contribution in [0.1, 0.15) is 38.5 Å². The van der Waals surface area contributed by atoms with Crippen molar-refractivity contribution in [2.45, 2.75) is 44.6 Å². The standard InChI is InChI=1S/C13H20O/c14-13(11-7-3-1-4-8-11)12-9-5-2-6-10-12/h1-3,5,11-14H,4,6-10H2. The van der Waals surface area contributed by atoms with Crippen molar-refractivity contribution >= 4 is 0 Å². The molecule has 0 amide bonds. The lowest BCUT2D eigenvalue weighted by Crippen LogP contribution is -2.30. The van der Waals surface area contributed by atoms with E-state index in [1.165, 1.54) is 12.8 Å². The third-order valence-corrected chi connectivity index (χ3v) is 3.59. The highest BCUT2D eigenvalue weighted by atomic mass is 16.3. The van der Waals surface area contributed by atoms with Crippen LogP contribution in [0.25, 0.3) is 0 Å². The van der Waals surface area contributed by atoms with Crippen LogP contribution < -0.4 is 0 Å². The van der Waals surface area contributed by atoms with Gasteiger partial charge in [0, 0.05) is 0 Å².